The molecule has 3 aromatic rings. The summed E-state index contributed by atoms with van der Waals surface area (Å²) in [6.45, 7) is 2.56. The molecule has 0 aliphatic carbocycles. The van der Waals surface area contributed by atoms with Crippen molar-refractivity contribution in [2.75, 3.05) is 13.7 Å². The molecule has 0 bridgehead atoms. The van der Waals surface area contributed by atoms with Crippen LogP contribution in [0.3, 0.4) is 0 Å². The monoisotopic (exact) mass is 383 g/mol. The summed E-state index contributed by atoms with van der Waals surface area (Å²) in [5.74, 6) is 1.43. The summed E-state index contributed by atoms with van der Waals surface area (Å²) in [4.78, 5) is 12.3. The zero-order chi connectivity index (χ0) is 19.9. The maximum absolute atomic E-state index is 13.0. The molecule has 0 saturated heterocycles. The maximum atomic E-state index is 13.0. The molecule has 0 spiro atoms. The normalized spacial score (nSPS) is 11.7. The summed E-state index contributed by atoms with van der Waals surface area (Å²) in [5, 5.41) is 2.83. The van der Waals surface area contributed by atoms with Crippen molar-refractivity contribution in [3.8, 4) is 11.5 Å². The first-order valence-electron chi connectivity index (χ1n) is 8.95. The van der Waals surface area contributed by atoms with Crippen molar-refractivity contribution in [3.63, 3.8) is 0 Å². The Bertz CT molecular complexity index is 920. The van der Waals surface area contributed by atoms with Gasteiger partial charge >= 0.3 is 0 Å². The second-order valence-corrected chi connectivity index (χ2v) is 6.37. The average molecular weight is 383 g/mol. The number of rotatable bonds is 8. The highest BCUT2D eigenvalue weighted by Gasteiger charge is 2.14. The molecule has 2 aromatic carbocycles. The summed E-state index contributed by atoms with van der Waals surface area (Å²) in [7, 11) is 1.57. The van der Waals surface area contributed by atoms with Crippen molar-refractivity contribution in [1.29, 1.82) is 0 Å². The quantitative estimate of drug-likeness (QED) is 0.620. The van der Waals surface area contributed by atoms with Crippen LogP contribution in [0.2, 0.25) is 0 Å². The second kappa shape index (κ2) is 9.08. The lowest BCUT2D eigenvalue weighted by molar-refractivity contribution is 0.0919. The van der Waals surface area contributed by atoms with E-state index in [1.54, 1.807) is 43.5 Å². The largest absolute Gasteiger partial charge is 0.493 e. The Balaban J connectivity index is 1.53. The van der Waals surface area contributed by atoms with Crippen LogP contribution < -0.4 is 14.8 Å². The number of carbonyl (C=O) groups excluding carboxylic acids is 1. The summed E-state index contributed by atoms with van der Waals surface area (Å²) in [5.41, 5.74) is 0.951. The predicted molar refractivity (Wildman–Crippen MR) is 103 cm³/mol. The minimum atomic E-state index is -0.308. The molecule has 1 heterocycles. The van der Waals surface area contributed by atoms with Crippen molar-refractivity contribution >= 4 is 5.91 Å². The van der Waals surface area contributed by atoms with Gasteiger partial charge in [-0.15, -0.1) is 0 Å². The highest BCUT2D eigenvalue weighted by molar-refractivity contribution is 5.91. The molecule has 146 valence electrons. The number of benzene rings is 2. The number of ether oxygens (including phenoxy) is 2. The molecule has 1 unspecified atom stereocenters. The van der Waals surface area contributed by atoms with E-state index in [0.29, 0.717) is 23.8 Å². The molecule has 0 saturated carbocycles. The Hall–Kier alpha value is -3.28. The molecule has 6 heteroatoms. The molecule has 28 heavy (non-hydrogen) atoms. The lowest BCUT2D eigenvalue weighted by Crippen LogP contribution is -2.27. The van der Waals surface area contributed by atoms with Gasteiger partial charge in [-0.25, -0.2) is 4.39 Å². The first kappa shape index (κ1) is 19.5. The van der Waals surface area contributed by atoms with E-state index in [-0.39, 0.29) is 30.0 Å². The van der Waals surface area contributed by atoms with E-state index < -0.39 is 0 Å². The third kappa shape index (κ3) is 4.91. The Morgan fingerprint density at radius 2 is 1.79 bits per heavy atom. The van der Waals surface area contributed by atoms with Gasteiger partial charge in [0.05, 0.1) is 7.11 Å². The van der Waals surface area contributed by atoms with Crippen LogP contribution >= 0.6 is 0 Å². The van der Waals surface area contributed by atoms with Gasteiger partial charge in [-0.05, 0) is 47.9 Å². The number of hydrogen-bond donors (Lipinski definition) is 1. The second-order valence-electron chi connectivity index (χ2n) is 6.37. The fourth-order valence-corrected chi connectivity index (χ4v) is 2.71. The lowest BCUT2D eigenvalue weighted by Gasteiger charge is -2.12. The Morgan fingerprint density at radius 3 is 2.50 bits per heavy atom. The van der Waals surface area contributed by atoms with Crippen LogP contribution in [0, 0.1) is 5.82 Å². The molecular formula is C22H22FNO4. The average Bonchev–Trinajstić information content (AvgIpc) is 3.20. The molecule has 1 atom stereocenters. The number of hydrogen-bond acceptors (Lipinski definition) is 4. The van der Waals surface area contributed by atoms with Crippen LogP contribution in [0.25, 0.3) is 0 Å². The van der Waals surface area contributed by atoms with Gasteiger partial charge in [-0.2, -0.15) is 0 Å². The van der Waals surface area contributed by atoms with Gasteiger partial charge in [0.15, 0.2) is 17.3 Å². The van der Waals surface area contributed by atoms with Gasteiger partial charge in [-0.3, -0.25) is 4.79 Å². The van der Waals surface area contributed by atoms with Crippen LogP contribution in [0.1, 0.15) is 34.7 Å². The van der Waals surface area contributed by atoms with E-state index in [0.717, 1.165) is 5.56 Å². The summed E-state index contributed by atoms with van der Waals surface area (Å²) >= 11 is 0. The molecule has 1 aromatic heterocycles. The van der Waals surface area contributed by atoms with Crippen molar-refractivity contribution < 1.29 is 23.1 Å². The Kier molecular flexibility index (Phi) is 6.32. The number of amides is 1. The van der Waals surface area contributed by atoms with Gasteiger partial charge in [0.2, 0.25) is 0 Å². The van der Waals surface area contributed by atoms with Gasteiger partial charge in [-0.1, -0.05) is 31.2 Å². The van der Waals surface area contributed by atoms with Crippen molar-refractivity contribution in [2.24, 2.45) is 0 Å². The molecule has 1 amide bonds. The van der Waals surface area contributed by atoms with E-state index in [4.69, 9.17) is 13.9 Å². The first-order chi connectivity index (χ1) is 13.6. The molecule has 0 aliphatic rings. The number of halogens is 1. The Morgan fingerprint density at radius 1 is 1.07 bits per heavy atom. The van der Waals surface area contributed by atoms with Crippen LogP contribution in [-0.4, -0.2) is 19.6 Å². The summed E-state index contributed by atoms with van der Waals surface area (Å²) < 4.78 is 29.5. The van der Waals surface area contributed by atoms with Gasteiger partial charge in [0, 0.05) is 6.54 Å². The third-order valence-electron chi connectivity index (χ3n) is 4.33. The Labute approximate surface area is 163 Å². The van der Waals surface area contributed by atoms with E-state index in [9.17, 15) is 9.18 Å². The lowest BCUT2D eigenvalue weighted by atomic mass is 10.0. The molecule has 1 N–H and O–H groups in total. The van der Waals surface area contributed by atoms with Crippen LogP contribution in [-0.2, 0) is 6.61 Å². The number of para-hydroxylation sites is 2. The van der Waals surface area contributed by atoms with E-state index in [2.05, 4.69) is 5.32 Å². The van der Waals surface area contributed by atoms with Crippen molar-refractivity contribution in [2.45, 2.75) is 19.4 Å². The standard InChI is InChI=1S/C22H22FNO4/c1-15(16-7-9-17(23)10-8-16)13-24-22(25)21-12-11-18(28-21)14-27-20-6-4-3-5-19(20)26-2/h3-12,15H,13-14H2,1-2H3,(H,24,25). The van der Waals surface area contributed by atoms with Crippen LogP contribution in [0.15, 0.2) is 65.1 Å². The van der Waals surface area contributed by atoms with Crippen LogP contribution in [0.4, 0.5) is 4.39 Å². The number of carbonyl (C=O) groups is 1. The van der Waals surface area contributed by atoms with Gasteiger partial charge in [0.1, 0.15) is 18.2 Å². The SMILES string of the molecule is COc1ccccc1OCc1ccc(C(=O)NCC(C)c2ccc(F)cc2)o1. The minimum Gasteiger partial charge on any atom is -0.493 e. The zero-order valence-electron chi connectivity index (χ0n) is 15.8. The molecule has 0 fully saturated rings. The highest BCUT2D eigenvalue weighted by Crippen LogP contribution is 2.26. The van der Waals surface area contributed by atoms with Gasteiger partial charge < -0.3 is 19.2 Å². The minimum absolute atomic E-state index is 0.0489. The topological polar surface area (TPSA) is 60.7 Å². The molecule has 3 rings (SSSR count). The van der Waals surface area contributed by atoms with E-state index >= 15 is 0 Å². The fourth-order valence-electron chi connectivity index (χ4n) is 2.71. The van der Waals surface area contributed by atoms with Gasteiger partial charge in [0.25, 0.3) is 5.91 Å². The molecule has 5 nitrogen and oxygen atoms in total. The molecular weight excluding hydrogens is 361 g/mol. The van der Waals surface area contributed by atoms with Crippen molar-refractivity contribution in [1.82, 2.24) is 5.32 Å². The maximum Gasteiger partial charge on any atom is 0.287 e. The smallest absolute Gasteiger partial charge is 0.287 e. The van der Waals surface area contributed by atoms with Crippen LogP contribution in [0.5, 0.6) is 11.5 Å². The highest BCUT2D eigenvalue weighted by atomic mass is 19.1. The molecule has 0 aliphatic heterocycles. The first-order valence-corrected chi connectivity index (χ1v) is 8.95. The fraction of sp³-hybridized carbons (Fsp3) is 0.227. The number of nitrogens with one attached hydrogen (secondary N) is 1. The van der Waals surface area contributed by atoms with Crippen molar-refractivity contribution in [3.05, 3.63) is 83.6 Å². The van der Waals surface area contributed by atoms with E-state index in [1.807, 2.05) is 19.1 Å². The number of methoxy groups -OCH3 is 1. The predicted octanol–water partition coefficient (Wildman–Crippen LogP) is 4.54. The zero-order valence-corrected chi connectivity index (χ0v) is 15.8. The summed E-state index contributed by atoms with van der Waals surface area (Å²) in [6, 6.07) is 16.9. The van der Waals surface area contributed by atoms with E-state index in [1.165, 1.54) is 12.1 Å². The third-order valence-corrected chi connectivity index (χ3v) is 4.33. The number of furan rings is 1. The summed E-state index contributed by atoms with van der Waals surface area (Å²) in [6.07, 6.45) is 0. The molecule has 0 radical (unpaired) electrons.